The number of rotatable bonds is 3. The molecule has 7 heteroatoms. The Morgan fingerprint density at radius 3 is 2.89 bits per heavy atom. The molecule has 0 bridgehead atoms. The number of imidazole rings is 1. The molecule has 0 aromatic carbocycles. The quantitative estimate of drug-likeness (QED) is 0.469. The van der Waals surface area contributed by atoms with Crippen molar-refractivity contribution < 1.29 is 14.5 Å². The first-order valence-corrected chi connectivity index (χ1v) is 5.34. The zero-order valence-electron chi connectivity index (χ0n) is 9.91. The van der Waals surface area contributed by atoms with Crippen molar-refractivity contribution in [3.8, 4) is 0 Å². The number of ether oxygens (including phenoxy) is 1. The van der Waals surface area contributed by atoms with E-state index in [0.717, 1.165) is 0 Å². The number of hydrogen-bond acceptors (Lipinski definition) is 5. The molecular formula is C11H11N3O4. The molecule has 18 heavy (non-hydrogen) atoms. The molecule has 2 aromatic heterocycles. The van der Waals surface area contributed by atoms with Crippen LogP contribution in [0.5, 0.6) is 0 Å². The molecule has 0 N–H and O–H groups in total. The summed E-state index contributed by atoms with van der Waals surface area (Å²) in [5, 5.41) is 10.8. The van der Waals surface area contributed by atoms with Crippen LogP contribution in [-0.2, 0) is 4.74 Å². The summed E-state index contributed by atoms with van der Waals surface area (Å²) in [6.07, 6.45) is 1.44. The lowest BCUT2D eigenvalue weighted by Crippen LogP contribution is -2.04. The van der Waals surface area contributed by atoms with Crippen molar-refractivity contribution in [3.05, 3.63) is 39.8 Å². The number of carbonyl (C=O) groups excluding carboxylic acids is 1. The van der Waals surface area contributed by atoms with Gasteiger partial charge in [0.05, 0.1) is 17.2 Å². The Hall–Kier alpha value is -2.44. The Kier molecular flexibility index (Phi) is 2.97. The van der Waals surface area contributed by atoms with E-state index < -0.39 is 10.9 Å². The number of nitro groups is 1. The predicted molar refractivity (Wildman–Crippen MR) is 62.5 cm³/mol. The lowest BCUT2D eigenvalue weighted by Gasteiger charge is -1.99. The second-order valence-electron chi connectivity index (χ2n) is 3.64. The van der Waals surface area contributed by atoms with Crippen molar-refractivity contribution in [1.82, 2.24) is 9.38 Å². The molecule has 2 heterocycles. The number of fused-ring (bicyclic) bond motifs is 1. The van der Waals surface area contributed by atoms with E-state index in [0.29, 0.717) is 11.3 Å². The van der Waals surface area contributed by atoms with Crippen LogP contribution in [0.25, 0.3) is 5.65 Å². The minimum atomic E-state index is -0.539. The third kappa shape index (κ3) is 1.90. The highest BCUT2D eigenvalue weighted by Crippen LogP contribution is 2.20. The second-order valence-corrected chi connectivity index (χ2v) is 3.64. The highest BCUT2D eigenvalue weighted by Gasteiger charge is 2.17. The lowest BCUT2D eigenvalue weighted by molar-refractivity contribution is -0.385. The van der Waals surface area contributed by atoms with Gasteiger partial charge in [0.25, 0.3) is 5.69 Å². The maximum Gasteiger partial charge on any atom is 0.358 e. The van der Waals surface area contributed by atoms with Gasteiger partial charge in [-0.25, -0.2) is 9.78 Å². The zero-order chi connectivity index (χ0) is 13.3. The van der Waals surface area contributed by atoms with Gasteiger partial charge in [0, 0.05) is 12.3 Å². The number of esters is 1. The van der Waals surface area contributed by atoms with E-state index in [1.165, 1.54) is 22.7 Å². The Morgan fingerprint density at radius 1 is 1.56 bits per heavy atom. The molecule has 7 nitrogen and oxygen atoms in total. The van der Waals surface area contributed by atoms with Gasteiger partial charge in [-0.1, -0.05) is 0 Å². The molecule has 2 aromatic rings. The molecule has 0 fully saturated rings. The summed E-state index contributed by atoms with van der Waals surface area (Å²) in [4.78, 5) is 25.9. The number of aromatic nitrogens is 2. The van der Waals surface area contributed by atoms with Gasteiger partial charge >= 0.3 is 5.97 Å². The van der Waals surface area contributed by atoms with E-state index in [4.69, 9.17) is 4.74 Å². The van der Waals surface area contributed by atoms with Gasteiger partial charge < -0.3 is 4.74 Å². The minimum absolute atomic E-state index is 0.0182. The molecular weight excluding hydrogens is 238 g/mol. The van der Waals surface area contributed by atoms with E-state index in [2.05, 4.69) is 4.98 Å². The van der Waals surface area contributed by atoms with Crippen molar-refractivity contribution in [2.45, 2.75) is 13.8 Å². The average molecular weight is 249 g/mol. The fourth-order valence-corrected chi connectivity index (χ4v) is 1.67. The fraction of sp³-hybridized carbons (Fsp3) is 0.273. The molecule has 94 valence electrons. The van der Waals surface area contributed by atoms with Gasteiger partial charge in [-0.2, -0.15) is 0 Å². The third-order valence-electron chi connectivity index (χ3n) is 2.54. The van der Waals surface area contributed by atoms with E-state index in [1.807, 2.05) is 0 Å². The molecule has 0 saturated heterocycles. The molecule has 0 saturated carbocycles. The monoisotopic (exact) mass is 249 g/mol. The second kappa shape index (κ2) is 4.44. The standard InChI is InChI=1S/C11H11N3O4/c1-3-18-11(15)8-6-13-7(2)9(14(16)17)4-5-10(13)12-8/h4-6H,3H2,1-2H3. The van der Waals surface area contributed by atoms with Gasteiger partial charge in [-0.3, -0.25) is 14.5 Å². The van der Waals surface area contributed by atoms with Crippen molar-refractivity contribution >= 4 is 17.3 Å². The summed E-state index contributed by atoms with van der Waals surface area (Å²) in [7, 11) is 0. The maximum atomic E-state index is 11.5. The zero-order valence-corrected chi connectivity index (χ0v) is 9.91. The summed E-state index contributed by atoms with van der Waals surface area (Å²) >= 11 is 0. The van der Waals surface area contributed by atoms with Crippen LogP contribution in [0.3, 0.4) is 0 Å². The summed E-state index contributed by atoms with van der Waals surface area (Å²) in [6.45, 7) is 3.55. The van der Waals surface area contributed by atoms with Crippen molar-refractivity contribution in [2.24, 2.45) is 0 Å². The first kappa shape index (κ1) is 12.0. The molecule has 0 spiro atoms. The smallest absolute Gasteiger partial charge is 0.358 e. The normalized spacial score (nSPS) is 10.6. The molecule has 0 unspecified atom stereocenters. The summed E-state index contributed by atoms with van der Waals surface area (Å²) in [5.41, 5.74) is 1.01. The van der Waals surface area contributed by atoms with Crippen LogP contribution in [0.2, 0.25) is 0 Å². The number of carbonyl (C=O) groups is 1. The highest BCUT2D eigenvalue weighted by atomic mass is 16.6. The Balaban J connectivity index is 2.55. The maximum absolute atomic E-state index is 11.5. The van der Waals surface area contributed by atoms with Gasteiger partial charge in [-0.15, -0.1) is 0 Å². The molecule has 0 atom stereocenters. The minimum Gasteiger partial charge on any atom is -0.461 e. The Morgan fingerprint density at radius 2 is 2.28 bits per heavy atom. The number of hydrogen-bond donors (Lipinski definition) is 0. The summed E-state index contributed by atoms with van der Waals surface area (Å²) < 4.78 is 6.33. The molecule has 0 amide bonds. The summed E-state index contributed by atoms with van der Waals surface area (Å²) in [6, 6.07) is 2.86. The van der Waals surface area contributed by atoms with Gasteiger partial charge in [-0.05, 0) is 19.9 Å². The number of aryl methyl sites for hydroxylation is 1. The molecule has 0 aliphatic heterocycles. The van der Waals surface area contributed by atoms with Crippen LogP contribution >= 0.6 is 0 Å². The highest BCUT2D eigenvalue weighted by molar-refractivity contribution is 5.88. The predicted octanol–water partition coefficient (Wildman–Crippen LogP) is 1.73. The first-order chi connectivity index (χ1) is 8.54. The first-order valence-electron chi connectivity index (χ1n) is 5.34. The SMILES string of the molecule is CCOC(=O)c1cn2c(C)c([N+](=O)[O-])ccc2n1. The van der Waals surface area contributed by atoms with Gasteiger partial charge in [0.2, 0.25) is 0 Å². The molecule has 0 radical (unpaired) electrons. The Bertz CT molecular complexity index is 632. The lowest BCUT2D eigenvalue weighted by atomic mass is 10.3. The van der Waals surface area contributed by atoms with Gasteiger partial charge in [0.15, 0.2) is 5.69 Å². The van der Waals surface area contributed by atoms with E-state index in [9.17, 15) is 14.9 Å². The van der Waals surface area contributed by atoms with Crippen LogP contribution < -0.4 is 0 Å². The van der Waals surface area contributed by atoms with Crippen LogP contribution in [-0.4, -0.2) is 26.9 Å². The van der Waals surface area contributed by atoms with Crippen molar-refractivity contribution in [2.75, 3.05) is 6.61 Å². The van der Waals surface area contributed by atoms with Gasteiger partial charge in [0.1, 0.15) is 5.65 Å². The third-order valence-corrected chi connectivity index (χ3v) is 2.54. The largest absolute Gasteiger partial charge is 0.461 e. The van der Waals surface area contributed by atoms with E-state index in [-0.39, 0.29) is 18.0 Å². The van der Waals surface area contributed by atoms with Crippen molar-refractivity contribution in [3.63, 3.8) is 0 Å². The van der Waals surface area contributed by atoms with Crippen LogP contribution in [0, 0.1) is 17.0 Å². The topological polar surface area (TPSA) is 86.7 Å². The molecule has 2 rings (SSSR count). The fourth-order valence-electron chi connectivity index (χ4n) is 1.67. The number of nitrogens with zero attached hydrogens (tertiary/aromatic N) is 3. The summed E-state index contributed by atoms with van der Waals surface area (Å²) in [5.74, 6) is -0.539. The van der Waals surface area contributed by atoms with Crippen LogP contribution in [0.4, 0.5) is 5.69 Å². The van der Waals surface area contributed by atoms with E-state index in [1.54, 1.807) is 13.8 Å². The molecule has 0 aliphatic carbocycles. The molecule has 0 aliphatic rings. The van der Waals surface area contributed by atoms with Crippen LogP contribution in [0.1, 0.15) is 23.1 Å². The van der Waals surface area contributed by atoms with Crippen LogP contribution in [0.15, 0.2) is 18.3 Å². The van der Waals surface area contributed by atoms with Crippen molar-refractivity contribution in [1.29, 1.82) is 0 Å². The Labute approximate surface area is 102 Å². The van der Waals surface area contributed by atoms with E-state index >= 15 is 0 Å². The average Bonchev–Trinajstić information content (AvgIpc) is 2.74. The number of pyridine rings is 1.